The number of benzene rings is 16. The van der Waals surface area contributed by atoms with Crippen LogP contribution in [-0.4, -0.2) is 51.1 Å². The van der Waals surface area contributed by atoms with Crippen LogP contribution < -0.4 is 0 Å². The molecule has 2 nitrogen and oxygen atoms in total. The number of nitrogens with zero attached hydrogens (tertiary/aromatic N) is 2. The van der Waals surface area contributed by atoms with Crippen LogP contribution in [0.1, 0.15) is 118 Å². The fraction of sp³-hybridized carbons (Fsp3) is 0.127. The molecule has 0 amide bonds. The molecule has 0 saturated carbocycles. The van der Waals surface area contributed by atoms with Gasteiger partial charge in [0.25, 0.3) is 0 Å². The fourth-order valence-corrected chi connectivity index (χ4v) is 19.6. The van der Waals surface area contributed by atoms with Crippen molar-refractivity contribution in [2.75, 3.05) is 41.3 Å². The Labute approximate surface area is 664 Å². The molecule has 0 bridgehead atoms. The maximum Gasteiger partial charge on any atom is 0.0725 e. The minimum atomic E-state index is -0.254. The Morgan fingerprint density at radius 2 is 0.250 bits per heavy atom. The first kappa shape index (κ1) is 73.6. The molecule has 0 fully saturated rings. The van der Waals surface area contributed by atoms with Crippen LogP contribution in [0.3, 0.4) is 0 Å². The quantitative estimate of drug-likeness (QED) is 0.173. The van der Waals surface area contributed by atoms with E-state index in [1.807, 2.05) is 0 Å². The van der Waals surface area contributed by atoms with Crippen LogP contribution in [0.5, 0.6) is 0 Å². The van der Waals surface area contributed by atoms with Crippen molar-refractivity contribution in [1.82, 2.24) is 9.80 Å². The first-order valence-electron chi connectivity index (χ1n) is 39.0. The molecule has 23 rings (SSSR count). The highest BCUT2D eigenvalue weighted by atomic mass is 15.0. The van der Waals surface area contributed by atoms with Gasteiger partial charge in [0.15, 0.2) is 0 Å². The summed E-state index contributed by atoms with van der Waals surface area (Å²) in [5.41, 5.74) is 40.6. The van der Waals surface area contributed by atoms with Gasteiger partial charge in [0.05, 0.1) is 21.7 Å². The van der Waals surface area contributed by atoms with Gasteiger partial charge in [0.1, 0.15) is 0 Å². The van der Waals surface area contributed by atoms with E-state index in [4.69, 9.17) is 0 Å². The number of rotatable bonds is 4. The fourth-order valence-electron chi connectivity index (χ4n) is 19.6. The summed E-state index contributed by atoms with van der Waals surface area (Å²) < 4.78 is 0. The molecule has 0 heterocycles. The zero-order valence-electron chi connectivity index (χ0n) is 63.4. The van der Waals surface area contributed by atoms with E-state index < -0.39 is 0 Å². The summed E-state index contributed by atoms with van der Waals surface area (Å²) in [4.78, 5) is 4.25. The van der Waals surface area contributed by atoms with Crippen molar-refractivity contribution in [1.29, 1.82) is 0 Å². The number of fused-ring (bicyclic) bond motifs is 33. The lowest BCUT2D eigenvalue weighted by atomic mass is 9.68. The van der Waals surface area contributed by atoms with Gasteiger partial charge in [0.2, 0.25) is 0 Å². The summed E-state index contributed by atoms with van der Waals surface area (Å²) in [6.07, 6.45) is 0. The van der Waals surface area contributed by atoms with Gasteiger partial charge in [-0.2, -0.15) is 0 Å². The van der Waals surface area contributed by atoms with E-state index in [1.54, 1.807) is 0 Å². The minimum absolute atomic E-state index is 0. The van der Waals surface area contributed by atoms with Gasteiger partial charge in [-0.3, -0.25) is 0 Å². The van der Waals surface area contributed by atoms with Crippen molar-refractivity contribution in [2.24, 2.45) is 0 Å². The van der Waals surface area contributed by atoms with E-state index in [-0.39, 0.29) is 36.5 Å². The van der Waals surface area contributed by atoms with Crippen molar-refractivity contribution in [2.45, 2.75) is 50.4 Å². The van der Waals surface area contributed by atoms with E-state index in [0.29, 0.717) is 0 Å². The van der Waals surface area contributed by atoms with Gasteiger partial charge < -0.3 is 9.80 Å². The van der Waals surface area contributed by atoms with Gasteiger partial charge >= 0.3 is 0 Å². The molecule has 0 N–H and O–H groups in total. The van der Waals surface area contributed by atoms with Gasteiger partial charge in [-0.25, -0.2) is 0 Å². The summed E-state index contributed by atoms with van der Waals surface area (Å²) in [5, 5.41) is 0. The Kier molecular flexibility index (Phi) is 19.9. The van der Waals surface area contributed by atoms with Crippen LogP contribution in [0.2, 0.25) is 0 Å². The van der Waals surface area contributed by atoms with Crippen LogP contribution >= 0.6 is 0 Å². The largest absolute Gasteiger partial charge is 0.310 e. The topological polar surface area (TPSA) is 6.48 Å². The normalized spacial score (nSPS) is 13.8. The molecule has 7 aliphatic rings. The Morgan fingerprint density at radius 1 is 0.152 bits per heavy atom. The average molecular weight is 1450 g/mol. The Hall–Kier alpha value is -12.6. The molecule has 16 aromatic rings. The molecule has 0 radical (unpaired) electrons. The van der Waals surface area contributed by atoms with E-state index in [0.717, 1.165) is 13.1 Å². The Balaban J connectivity index is 0.000000108. The molecule has 0 aliphatic heterocycles. The molecule has 0 saturated heterocycles. The minimum Gasteiger partial charge on any atom is -0.310 e. The van der Waals surface area contributed by atoms with Crippen LogP contribution in [0.4, 0.5) is 0 Å². The highest BCUT2D eigenvalue weighted by Crippen LogP contribution is 2.66. The third kappa shape index (κ3) is 11.1. The molecule has 546 valence electrons. The van der Waals surface area contributed by atoms with E-state index >= 15 is 0 Å². The van der Waals surface area contributed by atoms with E-state index in [2.05, 4.69) is 452 Å². The molecular formula is C110H96N2. The number of hydrogen-bond acceptors (Lipinski definition) is 2. The second-order valence-corrected chi connectivity index (χ2v) is 30.2. The molecule has 0 aromatic heterocycles. The van der Waals surface area contributed by atoms with Crippen LogP contribution in [0, 0.1) is 0 Å². The predicted molar refractivity (Wildman–Crippen MR) is 474 cm³/mol. The second kappa shape index (κ2) is 30.4. The number of hydrogen-bond donors (Lipinski definition) is 0. The zero-order chi connectivity index (χ0) is 74.6. The summed E-state index contributed by atoms with van der Waals surface area (Å²) in [6, 6.07) is 146. The first-order chi connectivity index (χ1) is 54.2. The molecule has 0 atom stereocenters. The molecule has 112 heavy (non-hydrogen) atoms. The summed E-state index contributed by atoms with van der Waals surface area (Å²) in [7, 11) is 8.22. The lowest BCUT2D eigenvalue weighted by Crippen LogP contribution is -2.28. The lowest BCUT2D eigenvalue weighted by Gasteiger charge is -2.33. The van der Waals surface area contributed by atoms with Crippen LogP contribution in [0.25, 0.3) is 77.9 Å². The Bertz CT molecular complexity index is 4830. The van der Waals surface area contributed by atoms with Crippen molar-refractivity contribution >= 4 is 0 Å². The maximum atomic E-state index is 2.31. The van der Waals surface area contributed by atoms with E-state index in [1.165, 1.54) is 167 Å². The molecule has 0 unspecified atom stereocenters. The monoisotopic (exact) mass is 1440 g/mol. The van der Waals surface area contributed by atoms with Crippen LogP contribution in [0.15, 0.2) is 400 Å². The zero-order valence-corrected chi connectivity index (χ0v) is 63.4. The highest BCUT2D eigenvalue weighted by molar-refractivity contribution is 5.98. The Morgan fingerprint density at radius 3 is 0.366 bits per heavy atom. The lowest BCUT2D eigenvalue weighted by molar-refractivity contribution is 0.434. The third-order valence-electron chi connectivity index (χ3n) is 24.3. The second-order valence-electron chi connectivity index (χ2n) is 30.2. The molecule has 3 spiro atoms. The van der Waals surface area contributed by atoms with Crippen molar-refractivity contribution in [3.63, 3.8) is 0 Å². The van der Waals surface area contributed by atoms with Crippen molar-refractivity contribution in [3.8, 4) is 77.9 Å². The van der Waals surface area contributed by atoms with Gasteiger partial charge in [0, 0.05) is 0 Å². The van der Waals surface area contributed by atoms with Crippen LogP contribution in [-0.2, 0) is 21.7 Å². The molecule has 2 heteroatoms. The standard InChI is InChI=1S/3C25H16.C25H18.2C4H11N.2CH4/c3*1-5-13-21-17(9-1)18-10-2-6-14-22(18)25(21)23-15-7-3-11-19(23)20-12-4-8-16-24(20)25;1-3-11-19(12-4-1)25(20-13-5-2-6-14-20)23-17-9-7-15-21(23)22-16-8-10-18-24(22)25;2*1-4-5(2)3;;/h3*1-16H;1-18H;2*4H2,1-3H3;2*1H4. The summed E-state index contributed by atoms with van der Waals surface area (Å²) in [6.45, 7) is 6.53. The molecular weight excluding hydrogens is 1350 g/mol. The smallest absolute Gasteiger partial charge is 0.0725 e. The predicted octanol–water partition coefficient (Wildman–Crippen LogP) is 26.5. The maximum absolute atomic E-state index is 2.31. The average Bonchev–Trinajstić information content (AvgIpc) is 1.53. The van der Waals surface area contributed by atoms with Gasteiger partial charge in [-0.1, -0.05) is 429 Å². The molecule has 7 aliphatic carbocycles. The third-order valence-corrected chi connectivity index (χ3v) is 24.3. The van der Waals surface area contributed by atoms with Gasteiger partial charge in [-0.05, 0) is 208 Å². The summed E-state index contributed by atoms with van der Waals surface area (Å²) >= 11 is 0. The SMILES string of the molecule is C.C.CCN(C)C.CCN(C)C.c1ccc(C2(c3ccccc3)c3ccccc3-c3ccccc32)cc1.c1ccc2c(c1)-c1ccccc1C21c2ccccc2-c2ccccc21.c1ccc2c(c1)-c1ccccc1C21c2ccccc2-c2ccccc21.c1ccc2c(c1)-c1ccccc1C21c2ccccc2-c2ccccc21. The van der Waals surface area contributed by atoms with Crippen molar-refractivity contribution in [3.05, 3.63) is 489 Å². The molecule has 16 aromatic carbocycles. The summed E-state index contributed by atoms with van der Waals surface area (Å²) in [5.74, 6) is 0. The van der Waals surface area contributed by atoms with E-state index in [9.17, 15) is 0 Å². The highest BCUT2D eigenvalue weighted by Gasteiger charge is 2.55. The first-order valence-corrected chi connectivity index (χ1v) is 39.0. The van der Waals surface area contributed by atoms with Gasteiger partial charge in [-0.15, -0.1) is 0 Å². The van der Waals surface area contributed by atoms with Crippen molar-refractivity contribution < 1.29 is 0 Å².